The van der Waals surface area contributed by atoms with E-state index in [-0.39, 0.29) is 11.1 Å². The van der Waals surface area contributed by atoms with Crippen LogP contribution in [-0.4, -0.2) is 14.5 Å². The molecule has 0 bridgehead atoms. The molecule has 120 valence electrons. The highest BCUT2D eigenvalue weighted by Gasteiger charge is 2.18. The quantitative estimate of drug-likeness (QED) is 0.734. The van der Waals surface area contributed by atoms with E-state index in [1.807, 2.05) is 12.1 Å². The van der Waals surface area contributed by atoms with Crippen molar-refractivity contribution >= 4 is 11.0 Å². The molecule has 0 aliphatic carbocycles. The van der Waals surface area contributed by atoms with E-state index in [1.165, 1.54) is 6.20 Å². The average Bonchev–Trinajstić information content (AvgIpc) is 2.74. The van der Waals surface area contributed by atoms with Gasteiger partial charge in [-0.25, -0.2) is 9.78 Å². The fourth-order valence-electron chi connectivity index (χ4n) is 2.86. The van der Waals surface area contributed by atoms with Crippen LogP contribution >= 0.6 is 0 Å². The zero-order valence-electron chi connectivity index (χ0n) is 13.8. The van der Waals surface area contributed by atoms with E-state index in [0.29, 0.717) is 5.56 Å². The number of aromatic nitrogens is 3. The maximum atomic E-state index is 14.1. The third kappa shape index (κ3) is 2.91. The Morgan fingerprint density at radius 1 is 1.30 bits per heavy atom. The van der Waals surface area contributed by atoms with Gasteiger partial charge in [0.2, 0.25) is 5.95 Å². The fraction of sp³-hybridized carbons (Fsp3) is 0.333. The minimum Gasteiger partial charge on any atom is -0.305 e. The highest BCUT2D eigenvalue weighted by molar-refractivity contribution is 5.85. The smallest absolute Gasteiger partial charge is 0.305 e. The molecule has 3 aromatic rings. The molecule has 5 heteroatoms. The van der Waals surface area contributed by atoms with Crippen molar-refractivity contribution in [3.63, 3.8) is 0 Å². The van der Waals surface area contributed by atoms with E-state index in [1.54, 1.807) is 23.7 Å². The van der Waals surface area contributed by atoms with Crippen LogP contribution < -0.4 is 5.69 Å². The van der Waals surface area contributed by atoms with Gasteiger partial charge in [0, 0.05) is 18.8 Å². The summed E-state index contributed by atoms with van der Waals surface area (Å²) >= 11 is 0. The van der Waals surface area contributed by atoms with E-state index in [2.05, 4.69) is 30.7 Å². The molecule has 0 amide bonds. The van der Waals surface area contributed by atoms with Gasteiger partial charge >= 0.3 is 5.69 Å². The molecule has 0 aliphatic rings. The monoisotopic (exact) mass is 313 g/mol. The lowest BCUT2D eigenvalue weighted by atomic mass is 9.86. The van der Waals surface area contributed by atoms with Crippen LogP contribution in [0, 0.1) is 11.4 Å². The second-order valence-electron chi connectivity index (χ2n) is 7.10. The van der Waals surface area contributed by atoms with Gasteiger partial charge in [0.25, 0.3) is 0 Å². The summed E-state index contributed by atoms with van der Waals surface area (Å²) in [6.45, 7) is 6.41. The maximum Gasteiger partial charge on any atom is 0.326 e. The van der Waals surface area contributed by atoms with Gasteiger partial charge in [-0.1, -0.05) is 20.8 Å². The predicted octanol–water partition coefficient (Wildman–Crippen LogP) is 3.66. The molecule has 23 heavy (non-hydrogen) atoms. The Hall–Kier alpha value is -2.43. The summed E-state index contributed by atoms with van der Waals surface area (Å²) in [6.07, 6.45) is 2.21. The standard InChI is InChI=1S/C18H20FN3O/c1-18(2,3)10-12-8-11(13-6-5-7-20-16(13)19)9-14-15(12)21-17(23)22(14)4/h5-9H,10H2,1-4H3,(H,21,23). The van der Waals surface area contributed by atoms with E-state index in [4.69, 9.17) is 0 Å². The Bertz CT molecular complexity index is 932. The van der Waals surface area contributed by atoms with Crippen LogP contribution in [0.2, 0.25) is 0 Å². The minimum absolute atomic E-state index is 0.0474. The van der Waals surface area contributed by atoms with Crippen LogP contribution in [0.1, 0.15) is 26.3 Å². The lowest BCUT2D eigenvalue weighted by Crippen LogP contribution is -2.11. The number of H-pyrrole nitrogens is 1. The van der Waals surface area contributed by atoms with Crippen molar-refractivity contribution in [3.8, 4) is 11.1 Å². The first-order chi connectivity index (χ1) is 10.8. The lowest BCUT2D eigenvalue weighted by Gasteiger charge is -2.19. The van der Waals surface area contributed by atoms with Crippen molar-refractivity contribution in [1.29, 1.82) is 0 Å². The third-order valence-corrected chi connectivity index (χ3v) is 3.89. The summed E-state index contributed by atoms with van der Waals surface area (Å²) in [6, 6.07) is 7.19. The SMILES string of the molecule is Cn1c(=O)[nH]c2c(CC(C)(C)C)cc(-c3cccnc3F)cc21. The van der Waals surface area contributed by atoms with Crippen molar-refractivity contribution in [1.82, 2.24) is 14.5 Å². The number of nitrogens with one attached hydrogen (secondary N) is 1. The number of benzene rings is 1. The normalized spacial score (nSPS) is 12.0. The Balaban J connectivity index is 2.31. The van der Waals surface area contributed by atoms with Crippen LogP contribution in [0.25, 0.3) is 22.2 Å². The Labute approximate surface area is 134 Å². The van der Waals surface area contributed by atoms with Crippen LogP contribution in [0.3, 0.4) is 0 Å². The first-order valence-corrected chi connectivity index (χ1v) is 7.59. The Morgan fingerprint density at radius 2 is 2.04 bits per heavy atom. The first-order valence-electron chi connectivity index (χ1n) is 7.59. The van der Waals surface area contributed by atoms with Gasteiger partial charge in [-0.15, -0.1) is 0 Å². The van der Waals surface area contributed by atoms with Crippen LogP contribution in [-0.2, 0) is 13.5 Å². The van der Waals surface area contributed by atoms with Gasteiger partial charge < -0.3 is 4.98 Å². The number of hydrogen-bond acceptors (Lipinski definition) is 2. The van der Waals surface area contributed by atoms with Crippen molar-refractivity contribution in [2.24, 2.45) is 12.5 Å². The molecule has 2 heterocycles. The van der Waals surface area contributed by atoms with Gasteiger partial charge in [0.1, 0.15) is 0 Å². The molecule has 4 nitrogen and oxygen atoms in total. The number of nitrogens with zero attached hydrogens (tertiary/aromatic N) is 2. The highest BCUT2D eigenvalue weighted by Crippen LogP contribution is 2.31. The van der Waals surface area contributed by atoms with Crippen molar-refractivity contribution in [2.75, 3.05) is 0 Å². The number of rotatable bonds is 2. The molecule has 3 rings (SSSR count). The molecule has 0 unspecified atom stereocenters. The Kier molecular flexibility index (Phi) is 3.59. The number of imidazole rings is 1. The van der Waals surface area contributed by atoms with Crippen molar-refractivity contribution in [2.45, 2.75) is 27.2 Å². The molecule has 0 spiro atoms. The molecule has 0 saturated carbocycles. The predicted molar refractivity (Wildman–Crippen MR) is 89.9 cm³/mol. The average molecular weight is 313 g/mol. The number of aromatic amines is 1. The number of pyridine rings is 1. The summed E-state index contributed by atoms with van der Waals surface area (Å²) in [4.78, 5) is 18.6. The summed E-state index contributed by atoms with van der Waals surface area (Å²) in [5, 5.41) is 0. The molecule has 0 atom stereocenters. The van der Waals surface area contributed by atoms with Gasteiger partial charge in [-0.05, 0) is 47.2 Å². The molecular formula is C18H20FN3O. The van der Waals surface area contributed by atoms with Crippen molar-refractivity contribution in [3.05, 3.63) is 52.5 Å². The largest absolute Gasteiger partial charge is 0.326 e. The molecule has 0 saturated heterocycles. The van der Waals surface area contributed by atoms with Crippen LogP contribution in [0.15, 0.2) is 35.3 Å². The molecule has 1 aromatic carbocycles. The molecule has 0 fully saturated rings. The molecule has 0 aliphatic heterocycles. The van der Waals surface area contributed by atoms with Gasteiger partial charge in [0.15, 0.2) is 0 Å². The molecule has 1 N–H and O–H groups in total. The number of aryl methyl sites for hydroxylation is 1. The zero-order valence-corrected chi connectivity index (χ0v) is 13.8. The van der Waals surface area contributed by atoms with Crippen molar-refractivity contribution < 1.29 is 4.39 Å². The zero-order chi connectivity index (χ0) is 16.8. The first kappa shape index (κ1) is 15.5. The topological polar surface area (TPSA) is 50.7 Å². The minimum atomic E-state index is -0.505. The van der Waals surface area contributed by atoms with E-state index < -0.39 is 5.95 Å². The van der Waals surface area contributed by atoms with Gasteiger partial charge in [-0.3, -0.25) is 4.57 Å². The number of halogens is 1. The van der Waals surface area contributed by atoms with Crippen LogP contribution in [0.4, 0.5) is 4.39 Å². The Morgan fingerprint density at radius 3 is 2.70 bits per heavy atom. The highest BCUT2D eigenvalue weighted by atomic mass is 19.1. The second-order valence-corrected chi connectivity index (χ2v) is 7.10. The summed E-state index contributed by atoms with van der Waals surface area (Å²) in [5.74, 6) is -0.505. The number of fused-ring (bicyclic) bond motifs is 1. The summed E-state index contributed by atoms with van der Waals surface area (Å²) < 4.78 is 15.6. The van der Waals surface area contributed by atoms with Gasteiger partial charge in [-0.2, -0.15) is 4.39 Å². The summed E-state index contributed by atoms with van der Waals surface area (Å²) in [7, 11) is 1.71. The second kappa shape index (κ2) is 5.33. The third-order valence-electron chi connectivity index (χ3n) is 3.89. The molecule has 2 aromatic heterocycles. The number of hydrogen-bond donors (Lipinski definition) is 1. The lowest BCUT2D eigenvalue weighted by molar-refractivity contribution is 0.412. The van der Waals surface area contributed by atoms with E-state index in [9.17, 15) is 9.18 Å². The van der Waals surface area contributed by atoms with Crippen LogP contribution in [0.5, 0.6) is 0 Å². The molecule has 0 radical (unpaired) electrons. The fourth-order valence-corrected chi connectivity index (χ4v) is 2.86. The maximum absolute atomic E-state index is 14.1. The van der Waals surface area contributed by atoms with E-state index >= 15 is 0 Å². The summed E-state index contributed by atoms with van der Waals surface area (Å²) in [5.41, 5.74) is 3.65. The molecular weight excluding hydrogens is 293 g/mol. The van der Waals surface area contributed by atoms with Gasteiger partial charge in [0.05, 0.1) is 11.0 Å². The van der Waals surface area contributed by atoms with E-state index in [0.717, 1.165) is 28.6 Å².